The highest BCUT2D eigenvalue weighted by molar-refractivity contribution is 5.95. The molecule has 0 saturated carbocycles. The summed E-state index contributed by atoms with van der Waals surface area (Å²) in [4.78, 5) is 53.6. The van der Waals surface area contributed by atoms with E-state index in [0.29, 0.717) is 19.3 Å². The lowest BCUT2D eigenvalue weighted by atomic mass is 10.0. The lowest BCUT2D eigenvalue weighted by Crippen LogP contribution is -2.56. The molecular formula is C18H31FN6O5. The van der Waals surface area contributed by atoms with Crippen LogP contribution in [0.15, 0.2) is 4.99 Å². The molecule has 3 atom stereocenters. The molecule has 30 heavy (non-hydrogen) atoms. The van der Waals surface area contributed by atoms with Gasteiger partial charge < -0.3 is 32.1 Å². The van der Waals surface area contributed by atoms with E-state index in [4.69, 9.17) is 16.6 Å². The molecule has 1 fully saturated rings. The van der Waals surface area contributed by atoms with E-state index in [1.165, 1.54) is 4.90 Å². The Morgan fingerprint density at radius 3 is 2.43 bits per heavy atom. The number of ketones is 1. The van der Waals surface area contributed by atoms with Crippen LogP contribution >= 0.6 is 0 Å². The standard InChI is InChI=1S/C18H31FN6O5/c1-10(2)14(24-18(29)30)16(28)25-8-4-6-12(25)15(27)23-11(13(26)9-19)5-3-7-22-17(20)21/h10-12,14,24H,3-9H2,1-2H3,(H,23,27)(H,29,30)(H4,20,21,22)/t11-,12-,14-/m0/s1. The van der Waals surface area contributed by atoms with Gasteiger partial charge in [0.2, 0.25) is 11.8 Å². The lowest BCUT2D eigenvalue weighted by Gasteiger charge is -2.30. The molecule has 0 aromatic rings. The number of alkyl halides is 1. The average molecular weight is 430 g/mol. The molecule has 7 N–H and O–H groups in total. The molecule has 0 aliphatic carbocycles. The third-order valence-electron chi connectivity index (χ3n) is 4.83. The fourth-order valence-electron chi connectivity index (χ4n) is 3.31. The molecule has 11 nitrogen and oxygen atoms in total. The SMILES string of the molecule is CC(C)[C@H](NC(=O)O)C(=O)N1CCC[C@H]1C(=O)N[C@@H](CCCN=C(N)N)C(=O)CF. The van der Waals surface area contributed by atoms with Gasteiger partial charge in [0, 0.05) is 13.1 Å². The second kappa shape index (κ2) is 11.9. The molecule has 12 heteroatoms. The number of guanidine groups is 1. The fourth-order valence-corrected chi connectivity index (χ4v) is 3.31. The summed E-state index contributed by atoms with van der Waals surface area (Å²) in [6.07, 6.45) is 0.0613. The summed E-state index contributed by atoms with van der Waals surface area (Å²) >= 11 is 0. The van der Waals surface area contributed by atoms with Gasteiger partial charge in [-0.3, -0.25) is 19.4 Å². The van der Waals surface area contributed by atoms with E-state index in [-0.39, 0.29) is 31.4 Å². The number of nitrogens with two attached hydrogens (primary N) is 2. The fraction of sp³-hybridized carbons (Fsp3) is 0.722. The van der Waals surface area contributed by atoms with E-state index in [2.05, 4.69) is 15.6 Å². The predicted molar refractivity (Wildman–Crippen MR) is 107 cm³/mol. The first kappa shape index (κ1) is 25.1. The minimum absolute atomic E-state index is 0.109. The van der Waals surface area contributed by atoms with Gasteiger partial charge in [-0.2, -0.15) is 0 Å². The van der Waals surface area contributed by atoms with E-state index < -0.39 is 48.5 Å². The molecular weight excluding hydrogens is 399 g/mol. The highest BCUT2D eigenvalue weighted by Crippen LogP contribution is 2.21. The Kier molecular flexibility index (Phi) is 9.99. The zero-order chi connectivity index (χ0) is 22.8. The quantitative estimate of drug-likeness (QED) is 0.164. The van der Waals surface area contributed by atoms with Crippen molar-refractivity contribution in [3.05, 3.63) is 0 Å². The number of Topliss-reactive ketones (excluding diaryl/α,β-unsaturated/α-hetero) is 1. The summed E-state index contributed by atoms with van der Waals surface area (Å²) in [6.45, 7) is 2.65. The summed E-state index contributed by atoms with van der Waals surface area (Å²) in [5.41, 5.74) is 10.5. The second-order valence-electron chi connectivity index (χ2n) is 7.47. The maximum absolute atomic E-state index is 12.9. The van der Waals surface area contributed by atoms with Gasteiger partial charge in [0.15, 0.2) is 11.7 Å². The van der Waals surface area contributed by atoms with Crippen LogP contribution in [0, 0.1) is 5.92 Å². The van der Waals surface area contributed by atoms with Crippen LogP contribution in [0.4, 0.5) is 9.18 Å². The molecule has 0 spiro atoms. The van der Waals surface area contributed by atoms with Crippen LogP contribution in [0.1, 0.15) is 39.5 Å². The monoisotopic (exact) mass is 430 g/mol. The number of rotatable bonds is 11. The van der Waals surface area contributed by atoms with Gasteiger partial charge in [-0.15, -0.1) is 0 Å². The molecule has 0 aromatic carbocycles. The topological polar surface area (TPSA) is 180 Å². The van der Waals surface area contributed by atoms with E-state index in [1.807, 2.05) is 0 Å². The number of nitrogens with zero attached hydrogens (tertiary/aromatic N) is 2. The zero-order valence-corrected chi connectivity index (χ0v) is 17.3. The van der Waals surface area contributed by atoms with Crippen LogP contribution in [0.2, 0.25) is 0 Å². The Balaban J connectivity index is 2.84. The molecule has 0 unspecified atom stereocenters. The van der Waals surface area contributed by atoms with Crippen LogP contribution in [0.5, 0.6) is 0 Å². The van der Waals surface area contributed by atoms with Crippen LogP contribution in [-0.4, -0.2) is 77.5 Å². The average Bonchev–Trinajstić information content (AvgIpc) is 3.16. The molecule has 1 saturated heterocycles. The van der Waals surface area contributed by atoms with E-state index in [1.54, 1.807) is 13.8 Å². The lowest BCUT2D eigenvalue weighted by molar-refractivity contribution is -0.141. The Hall–Kier alpha value is -2.92. The number of halogens is 1. The van der Waals surface area contributed by atoms with Gasteiger partial charge in [-0.25, -0.2) is 9.18 Å². The molecule has 1 rings (SSSR count). The van der Waals surface area contributed by atoms with Crippen molar-refractivity contribution >= 4 is 29.7 Å². The number of hydrogen-bond acceptors (Lipinski definition) is 5. The first-order valence-corrected chi connectivity index (χ1v) is 9.82. The van der Waals surface area contributed by atoms with Crippen molar-refractivity contribution in [1.82, 2.24) is 15.5 Å². The zero-order valence-electron chi connectivity index (χ0n) is 17.3. The van der Waals surface area contributed by atoms with E-state index in [0.717, 1.165) is 0 Å². The normalized spacial score (nSPS) is 17.9. The summed E-state index contributed by atoms with van der Waals surface area (Å²) in [6, 6.07) is -2.92. The Labute approximate surface area is 174 Å². The maximum Gasteiger partial charge on any atom is 0.405 e. The van der Waals surface area contributed by atoms with Crippen LogP contribution < -0.4 is 22.1 Å². The molecule has 0 radical (unpaired) electrons. The third kappa shape index (κ3) is 7.48. The maximum atomic E-state index is 12.9. The number of carboxylic acid groups (broad SMARTS) is 1. The smallest absolute Gasteiger partial charge is 0.405 e. The Morgan fingerprint density at radius 2 is 1.90 bits per heavy atom. The number of amides is 3. The summed E-state index contributed by atoms with van der Waals surface area (Å²) in [5, 5.41) is 13.7. The van der Waals surface area contributed by atoms with Crippen molar-refractivity contribution in [2.75, 3.05) is 19.8 Å². The molecule has 1 aliphatic heterocycles. The number of likely N-dealkylation sites (tertiary alicyclic amines) is 1. The number of hydrogen-bond donors (Lipinski definition) is 5. The van der Waals surface area contributed by atoms with Crippen molar-refractivity contribution in [3.8, 4) is 0 Å². The van der Waals surface area contributed by atoms with Crippen molar-refractivity contribution in [2.45, 2.75) is 57.7 Å². The Morgan fingerprint density at radius 1 is 1.23 bits per heavy atom. The van der Waals surface area contributed by atoms with Crippen LogP contribution in [0.25, 0.3) is 0 Å². The molecule has 0 aromatic heterocycles. The van der Waals surface area contributed by atoms with Crippen LogP contribution in [-0.2, 0) is 14.4 Å². The van der Waals surface area contributed by atoms with E-state index >= 15 is 0 Å². The molecule has 1 aliphatic rings. The summed E-state index contributed by atoms with van der Waals surface area (Å²) in [5.74, 6) is -2.30. The summed E-state index contributed by atoms with van der Waals surface area (Å²) in [7, 11) is 0. The molecule has 170 valence electrons. The number of carbonyl (C=O) groups is 4. The van der Waals surface area contributed by atoms with Crippen molar-refractivity contribution < 1.29 is 28.7 Å². The first-order chi connectivity index (χ1) is 14.1. The second-order valence-corrected chi connectivity index (χ2v) is 7.47. The molecule has 0 bridgehead atoms. The van der Waals surface area contributed by atoms with Gasteiger partial charge in [0.1, 0.15) is 18.8 Å². The van der Waals surface area contributed by atoms with Crippen molar-refractivity contribution in [1.29, 1.82) is 0 Å². The van der Waals surface area contributed by atoms with E-state index in [9.17, 15) is 23.6 Å². The van der Waals surface area contributed by atoms with Crippen molar-refractivity contribution in [3.63, 3.8) is 0 Å². The molecule has 3 amide bonds. The van der Waals surface area contributed by atoms with Gasteiger partial charge >= 0.3 is 6.09 Å². The van der Waals surface area contributed by atoms with Crippen molar-refractivity contribution in [2.24, 2.45) is 22.4 Å². The minimum atomic E-state index is -1.34. The minimum Gasteiger partial charge on any atom is -0.465 e. The molecule has 1 heterocycles. The van der Waals surface area contributed by atoms with Crippen LogP contribution in [0.3, 0.4) is 0 Å². The number of nitrogens with one attached hydrogen (secondary N) is 2. The van der Waals surface area contributed by atoms with Gasteiger partial charge in [0.25, 0.3) is 0 Å². The largest absolute Gasteiger partial charge is 0.465 e. The van der Waals surface area contributed by atoms with Gasteiger partial charge in [-0.1, -0.05) is 13.8 Å². The summed E-state index contributed by atoms with van der Waals surface area (Å²) < 4.78 is 12.9. The first-order valence-electron chi connectivity index (χ1n) is 9.82. The number of carbonyl (C=O) groups excluding carboxylic acids is 3. The van der Waals surface area contributed by atoms with Gasteiger partial charge in [-0.05, 0) is 31.6 Å². The number of aliphatic imine (C=N–C) groups is 1. The van der Waals surface area contributed by atoms with Gasteiger partial charge in [0.05, 0.1) is 6.04 Å². The predicted octanol–water partition coefficient (Wildman–Crippen LogP) is -0.653. The Bertz CT molecular complexity index is 667. The third-order valence-corrected chi connectivity index (χ3v) is 4.83. The highest BCUT2D eigenvalue weighted by Gasteiger charge is 2.39. The highest BCUT2D eigenvalue weighted by atomic mass is 19.1.